The van der Waals surface area contributed by atoms with Gasteiger partial charge in [-0.05, 0) is 37.0 Å². The summed E-state index contributed by atoms with van der Waals surface area (Å²) in [5, 5.41) is 14.8. The molecule has 1 aromatic carbocycles. The Morgan fingerprint density at radius 2 is 2.08 bits per heavy atom. The Bertz CT molecular complexity index is 643. The Morgan fingerprint density at radius 1 is 1.21 bits per heavy atom. The number of rotatable bonds is 7. The number of hydrogen-bond acceptors (Lipinski definition) is 6. The van der Waals surface area contributed by atoms with Gasteiger partial charge in [0.25, 0.3) is 0 Å². The Hall–Kier alpha value is -2.37. The van der Waals surface area contributed by atoms with Crippen molar-refractivity contribution in [3.63, 3.8) is 0 Å². The standard InChI is InChI=1S/C18H25N5O/c1-24-16-9-5-6-14(12-16)10-11-19-18-22-17(13-20-23-18)21-15-7-3-2-4-8-15/h5-6,9,12-13,15H,2-4,7-8,10-11H2,1H3,(H2,19,21,22,23). The molecule has 1 heterocycles. The number of anilines is 2. The van der Waals surface area contributed by atoms with Crippen molar-refractivity contribution in [1.29, 1.82) is 0 Å². The molecule has 2 aromatic rings. The first-order valence-corrected chi connectivity index (χ1v) is 8.66. The van der Waals surface area contributed by atoms with Crippen LogP contribution in [0.1, 0.15) is 37.7 Å². The number of nitrogens with one attached hydrogen (secondary N) is 2. The third-order valence-corrected chi connectivity index (χ3v) is 4.35. The first kappa shape index (κ1) is 16.5. The SMILES string of the molecule is COc1cccc(CCNc2nncc(NC3CCCCC3)n2)c1. The predicted molar refractivity (Wildman–Crippen MR) is 95.5 cm³/mol. The molecule has 0 radical (unpaired) electrons. The zero-order chi connectivity index (χ0) is 16.6. The zero-order valence-corrected chi connectivity index (χ0v) is 14.2. The second-order valence-corrected chi connectivity index (χ2v) is 6.17. The molecule has 0 amide bonds. The van der Waals surface area contributed by atoms with Crippen LogP contribution in [-0.4, -0.2) is 34.9 Å². The molecule has 128 valence electrons. The fourth-order valence-corrected chi connectivity index (χ4v) is 3.05. The molecular weight excluding hydrogens is 302 g/mol. The molecule has 24 heavy (non-hydrogen) atoms. The summed E-state index contributed by atoms with van der Waals surface area (Å²) in [6, 6.07) is 8.59. The molecule has 1 aromatic heterocycles. The van der Waals surface area contributed by atoms with E-state index in [1.165, 1.54) is 37.7 Å². The highest BCUT2D eigenvalue weighted by atomic mass is 16.5. The summed E-state index contributed by atoms with van der Waals surface area (Å²) in [7, 11) is 1.68. The van der Waals surface area contributed by atoms with Crippen molar-refractivity contribution in [2.24, 2.45) is 0 Å². The van der Waals surface area contributed by atoms with E-state index in [4.69, 9.17) is 4.74 Å². The average Bonchev–Trinajstić information content (AvgIpc) is 2.63. The van der Waals surface area contributed by atoms with Crippen molar-refractivity contribution in [2.45, 2.75) is 44.6 Å². The van der Waals surface area contributed by atoms with Crippen molar-refractivity contribution in [1.82, 2.24) is 15.2 Å². The number of methoxy groups -OCH3 is 1. The molecule has 3 rings (SSSR count). The smallest absolute Gasteiger partial charge is 0.244 e. The predicted octanol–water partition coefficient (Wildman–Crippen LogP) is 3.28. The quantitative estimate of drug-likeness (QED) is 0.813. The number of hydrogen-bond donors (Lipinski definition) is 2. The molecular formula is C18H25N5O. The number of aromatic nitrogens is 3. The monoisotopic (exact) mass is 327 g/mol. The van der Waals surface area contributed by atoms with Gasteiger partial charge >= 0.3 is 0 Å². The Balaban J connectivity index is 1.50. The van der Waals surface area contributed by atoms with Gasteiger partial charge in [0.1, 0.15) is 5.75 Å². The highest BCUT2D eigenvalue weighted by molar-refractivity contribution is 5.38. The van der Waals surface area contributed by atoms with E-state index in [1.807, 2.05) is 18.2 Å². The number of ether oxygens (including phenoxy) is 1. The van der Waals surface area contributed by atoms with E-state index in [1.54, 1.807) is 13.3 Å². The lowest BCUT2D eigenvalue weighted by Gasteiger charge is -2.23. The van der Waals surface area contributed by atoms with Crippen LogP contribution in [0.15, 0.2) is 30.5 Å². The van der Waals surface area contributed by atoms with Crippen LogP contribution in [0.4, 0.5) is 11.8 Å². The van der Waals surface area contributed by atoms with E-state index in [9.17, 15) is 0 Å². The number of benzene rings is 1. The van der Waals surface area contributed by atoms with Gasteiger partial charge in [0, 0.05) is 12.6 Å². The minimum absolute atomic E-state index is 0.514. The molecule has 2 N–H and O–H groups in total. The molecule has 1 aliphatic carbocycles. The molecule has 6 nitrogen and oxygen atoms in total. The molecule has 0 unspecified atom stereocenters. The third-order valence-electron chi connectivity index (χ3n) is 4.35. The largest absolute Gasteiger partial charge is 0.497 e. The molecule has 0 aliphatic heterocycles. The van der Waals surface area contributed by atoms with E-state index in [2.05, 4.69) is 31.9 Å². The maximum Gasteiger partial charge on any atom is 0.244 e. The maximum absolute atomic E-state index is 5.24. The first-order chi connectivity index (χ1) is 11.8. The lowest BCUT2D eigenvalue weighted by Crippen LogP contribution is -2.23. The fraction of sp³-hybridized carbons (Fsp3) is 0.500. The summed E-state index contributed by atoms with van der Waals surface area (Å²) in [6.45, 7) is 0.752. The van der Waals surface area contributed by atoms with Gasteiger partial charge in [0.05, 0.1) is 13.3 Å². The normalized spacial score (nSPS) is 15.0. The summed E-state index contributed by atoms with van der Waals surface area (Å²) in [5.74, 6) is 2.25. The molecule has 6 heteroatoms. The topological polar surface area (TPSA) is 72.0 Å². The van der Waals surface area contributed by atoms with Crippen LogP contribution in [0.25, 0.3) is 0 Å². The molecule has 1 saturated carbocycles. The fourth-order valence-electron chi connectivity index (χ4n) is 3.05. The summed E-state index contributed by atoms with van der Waals surface area (Å²) in [5.41, 5.74) is 1.21. The molecule has 1 fully saturated rings. The average molecular weight is 327 g/mol. The van der Waals surface area contributed by atoms with Gasteiger partial charge in [-0.3, -0.25) is 0 Å². The molecule has 0 saturated heterocycles. The van der Waals surface area contributed by atoms with Gasteiger partial charge in [-0.25, -0.2) is 0 Å². The molecule has 0 bridgehead atoms. The lowest BCUT2D eigenvalue weighted by molar-refractivity contribution is 0.414. The van der Waals surface area contributed by atoms with Crippen LogP contribution in [0.3, 0.4) is 0 Å². The van der Waals surface area contributed by atoms with E-state index >= 15 is 0 Å². The van der Waals surface area contributed by atoms with Crippen molar-refractivity contribution in [3.05, 3.63) is 36.0 Å². The van der Waals surface area contributed by atoms with Crippen molar-refractivity contribution >= 4 is 11.8 Å². The second-order valence-electron chi connectivity index (χ2n) is 6.17. The Labute approximate surface area is 143 Å². The van der Waals surface area contributed by atoms with Crippen LogP contribution < -0.4 is 15.4 Å². The van der Waals surface area contributed by atoms with Crippen molar-refractivity contribution in [2.75, 3.05) is 24.3 Å². The van der Waals surface area contributed by atoms with Crippen LogP contribution in [0, 0.1) is 0 Å². The molecule has 1 aliphatic rings. The minimum Gasteiger partial charge on any atom is -0.497 e. The van der Waals surface area contributed by atoms with E-state index in [-0.39, 0.29) is 0 Å². The van der Waals surface area contributed by atoms with Crippen LogP contribution in [-0.2, 0) is 6.42 Å². The summed E-state index contributed by atoms with van der Waals surface area (Å²) >= 11 is 0. The highest BCUT2D eigenvalue weighted by Crippen LogP contribution is 2.20. The van der Waals surface area contributed by atoms with Crippen LogP contribution in [0.2, 0.25) is 0 Å². The second kappa shape index (κ2) is 8.47. The Morgan fingerprint density at radius 3 is 2.92 bits per heavy atom. The van der Waals surface area contributed by atoms with Gasteiger partial charge in [-0.15, -0.1) is 5.10 Å². The summed E-state index contributed by atoms with van der Waals surface area (Å²) in [4.78, 5) is 4.51. The Kier molecular flexibility index (Phi) is 5.82. The van der Waals surface area contributed by atoms with Gasteiger partial charge in [0.2, 0.25) is 5.95 Å². The van der Waals surface area contributed by atoms with E-state index < -0.39 is 0 Å². The third kappa shape index (κ3) is 4.81. The first-order valence-electron chi connectivity index (χ1n) is 8.66. The summed E-state index contributed by atoms with van der Waals surface area (Å²) < 4.78 is 5.24. The van der Waals surface area contributed by atoms with Crippen LogP contribution in [0.5, 0.6) is 5.75 Å². The highest BCUT2D eigenvalue weighted by Gasteiger charge is 2.13. The van der Waals surface area contributed by atoms with Crippen molar-refractivity contribution < 1.29 is 4.74 Å². The van der Waals surface area contributed by atoms with Crippen LogP contribution >= 0.6 is 0 Å². The van der Waals surface area contributed by atoms with E-state index in [0.29, 0.717) is 12.0 Å². The molecule has 0 atom stereocenters. The van der Waals surface area contributed by atoms with Crippen molar-refractivity contribution in [3.8, 4) is 5.75 Å². The minimum atomic E-state index is 0.514. The van der Waals surface area contributed by atoms with E-state index in [0.717, 1.165) is 24.5 Å². The summed E-state index contributed by atoms with van der Waals surface area (Å²) in [6.07, 6.45) is 8.93. The maximum atomic E-state index is 5.24. The van der Waals surface area contributed by atoms with Gasteiger partial charge in [-0.1, -0.05) is 31.4 Å². The van der Waals surface area contributed by atoms with Gasteiger partial charge in [0.15, 0.2) is 5.82 Å². The number of nitrogens with zero attached hydrogens (tertiary/aromatic N) is 3. The lowest BCUT2D eigenvalue weighted by atomic mass is 9.96. The molecule has 0 spiro atoms. The van der Waals surface area contributed by atoms with Gasteiger partial charge in [-0.2, -0.15) is 10.1 Å². The zero-order valence-electron chi connectivity index (χ0n) is 14.2. The van der Waals surface area contributed by atoms with Gasteiger partial charge < -0.3 is 15.4 Å².